The van der Waals surface area contributed by atoms with E-state index in [1.807, 2.05) is 0 Å². The van der Waals surface area contributed by atoms with E-state index in [-0.39, 0.29) is 0 Å². The first-order valence-electron chi connectivity index (χ1n) is 24.0. The minimum absolute atomic E-state index is 0.850. The normalized spacial score (nSPS) is 12.4. The van der Waals surface area contributed by atoms with Crippen molar-refractivity contribution in [3.63, 3.8) is 0 Å². The molecule has 0 N–H and O–H groups in total. The van der Waals surface area contributed by atoms with Crippen molar-refractivity contribution in [1.82, 2.24) is 0 Å². The van der Waals surface area contributed by atoms with Crippen LogP contribution >= 0.6 is 0 Å². The van der Waals surface area contributed by atoms with Gasteiger partial charge >= 0.3 is 41.6 Å². The van der Waals surface area contributed by atoms with Gasteiger partial charge in [0.2, 0.25) is 11.4 Å². The number of nitrogens with zero attached hydrogens (tertiary/aromatic N) is 2. The van der Waals surface area contributed by atoms with Crippen LogP contribution in [0.5, 0.6) is 0 Å². The number of hydrogen-bond acceptors (Lipinski definition) is 0. The van der Waals surface area contributed by atoms with Gasteiger partial charge in [0.1, 0.15) is 0 Å². The number of hydrogen-bond donors (Lipinski definition) is 0. The molecule has 1 heterocycles. The van der Waals surface area contributed by atoms with Crippen LogP contribution in [-0.2, 0) is 43.7 Å². The minimum atomic E-state index is 0.850. The topological polar surface area (TPSA) is 25.3 Å². The fourth-order valence-electron chi connectivity index (χ4n) is 7.68. The average molecular weight is 880 g/mol. The third-order valence-electron chi connectivity index (χ3n) is 11.1. The molecule has 0 saturated heterocycles. The molecule has 0 bridgehead atoms. The molecule has 1 aliphatic rings. The van der Waals surface area contributed by atoms with Crippen LogP contribution in [0.4, 0.5) is 0 Å². The molecule has 0 aromatic heterocycles. The number of rotatable bonds is 27. The van der Waals surface area contributed by atoms with Gasteiger partial charge in [0.05, 0.1) is 0 Å². The summed E-state index contributed by atoms with van der Waals surface area (Å²) < 4.78 is 1.66. The van der Waals surface area contributed by atoms with Crippen LogP contribution in [0, 0.1) is 23.7 Å². The Kier molecular flexibility index (Phi) is 29.3. The molecule has 0 radical (unpaired) electrons. The van der Waals surface area contributed by atoms with Gasteiger partial charge in [-0.15, -0.1) is 23.7 Å². The molecule has 1 aliphatic heterocycles. The van der Waals surface area contributed by atoms with Gasteiger partial charge in [-0.3, -0.25) is 0 Å². The molecule has 0 fully saturated rings. The molecule has 0 aliphatic carbocycles. The zero-order valence-electron chi connectivity index (χ0n) is 38.8. The molecule has 0 saturated carbocycles. The fourth-order valence-corrected chi connectivity index (χ4v) is 8.46. The van der Waals surface area contributed by atoms with Gasteiger partial charge in [-0.2, -0.15) is 0 Å². The van der Waals surface area contributed by atoms with Crippen LogP contribution in [0.1, 0.15) is 224 Å². The average Bonchev–Trinajstić information content (AvgIpc) is 3.51. The number of unbranched alkanes of at least 4 members (excludes halogenated alkanes) is 11. The molecule has 0 spiro atoms. The summed E-state index contributed by atoms with van der Waals surface area (Å²) in [5, 5.41) is 0. The molecule has 0 atom stereocenters. The molecule has 324 valence electrons. The molecular formula is C55H84N2Pd. The summed E-state index contributed by atoms with van der Waals surface area (Å²) in [6, 6.07) is 14.2. The predicted molar refractivity (Wildman–Crippen MR) is 253 cm³/mol. The SMILES string of the molecule is CCCCCC#CCCc1ccc(CCCC)cc1C1=C(CCCC)C(CCCCC)=C(c2cc(CCCC)ccc2CCC#CCCCCC)[N+]1=[N-].C[CH2][Pd][CH2]C. The predicted octanol–water partition coefficient (Wildman–Crippen LogP) is 17.3. The van der Waals surface area contributed by atoms with Gasteiger partial charge in [0, 0.05) is 48.0 Å². The van der Waals surface area contributed by atoms with Crippen molar-refractivity contribution < 1.29 is 22.7 Å². The third-order valence-corrected chi connectivity index (χ3v) is 12.6. The molecule has 3 heteroatoms. The summed E-state index contributed by atoms with van der Waals surface area (Å²) in [5.74, 6) is 13.9. The molecule has 2 aromatic carbocycles. The van der Waals surface area contributed by atoms with E-state index < -0.39 is 0 Å². The van der Waals surface area contributed by atoms with Gasteiger partial charge < -0.3 is 5.53 Å². The van der Waals surface area contributed by atoms with Crippen molar-refractivity contribution in [3.8, 4) is 23.7 Å². The van der Waals surface area contributed by atoms with Crippen LogP contribution in [-0.4, -0.2) is 4.70 Å². The number of benzene rings is 2. The molecule has 3 rings (SSSR count). The van der Waals surface area contributed by atoms with Crippen molar-refractivity contribution in [2.75, 3.05) is 0 Å². The summed E-state index contributed by atoms with van der Waals surface area (Å²) in [5.41, 5.74) is 25.4. The zero-order valence-corrected chi connectivity index (χ0v) is 40.3. The van der Waals surface area contributed by atoms with Gasteiger partial charge in [-0.25, -0.2) is 4.70 Å². The fraction of sp³-hybridized carbons (Fsp3) is 0.636. The first-order valence-corrected chi connectivity index (χ1v) is 26.2. The van der Waals surface area contributed by atoms with Crippen LogP contribution in [0.15, 0.2) is 47.5 Å². The van der Waals surface area contributed by atoms with E-state index in [9.17, 15) is 5.53 Å². The summed E-state index contributed by atoms with van der Waals surface area (Å²) in [6.07, 6.45) is 27.4. The second kappa shape index (κ2) is 33.1. The first kappa shape index (κ1) is 51.4. The molecule has 2 nitrogen and oxygen atoms in total. The van der Waals surface area contributed by atoms with E-state index in [2.05, 4.69) is 115 Å². The second-order valence-corrected chi connectivity index (χ2v) is 18.9. The summed E-state index contributed by atoms with van der Waals surface area (Å²) in [4.78, 5) is 2.79. The molecule has 0 amide bonds. The Morgan fingerprint density at radius 3 is 1.21 bits per heavy atom. The van der Waals surface area contributed by atoms with Gasteiger partial charge in [-0.05, 0) is 111 Å². The molecule has 0 unspecified atom stereocenters. The van der Waals surface area contributed by atoms with Crippen LogP contribution in [0.3, 0.4) is 0 Å². The van der Waals surface area contributed by atoms with Crippen molar-refractivity contribution in [2.24, 2.45) is 0 Å². The Labute approximate surface area is 368 Å². The molecule has 2 aromatic rings. The van der Waals surface area contributed by atoms with Crippen molar-refractivity contribution in [3.05, 3.63) is 86.5 Å². The monoisotopic (exact) mass is 879 g/mol. The van der Waals surface area contributed by atoms with Crippen LogP contribution < -0.4 is 0 Å². The van der Waals surface area contributed by atoms with Crippen molar-refractivity contribution in [2.45, 2.75) is 226 Å². The van der Waals surface area contributed by atoms with E-state index in [1.165, 1.54) is 131 Å². The van der Waals surface area contributed by atoms with Crippen LogP contribution in [0.2, 0.25) is 9.79 Å². The van der Waals surface area contributed by atoms with Gasteiger partial charge in [0.15, 0.2) is 0 Å². The Bertz CT molecular complexity index is 1650. The number of allylic oxidation sites excluding steroid dienone is 2. The van der Waals surface area contributed by atoms with E-state index in [0.717, 1.165) is 113 Å². The molecule has 58 heavy (non-hydrogen) atoms. The summed E-state index contributed by atoms with van der Waals surface area (Å²) in [6.45, 7) is 18.1. The van der Waals surface area contributed by atoms with E-state index >= 15 is 0 Å². The van der Waals surface area contributed by atoms with E-state index in [0.29, 0.717) is 0 Å². The summed E-state index contributed by atoms with van der Waals surface area (Å²) >= 11 is 1.04. The maximum atomic E-state index is 12.8. The summed E-state index contributed by atoms with van der Waals surface area (Å²) in [7, 11) is 0. The molecular weight excluding hydrogens is 795 g/mol. The standard InChI is InChI=1S/C51H74N2.2C2H5.Pd/c1-7-13-19-21-23-25-28-32-44-38-36-42(30-16-10-4)40-48(44)50-46(34-18-12-6)47(35-27-15-9-3)51(53(50)52)49-41-43(31-17-11-5)37-39-45(49)33-29-26-24-22-20-14-8-2;2*1-2;/h36-41H,7-22,27-35H2,1-6H3;2*1H2,2H3;. The number of aryl methyl sites for hydroxylation is 4. The van der Waals surface area contributed by atoms with E-state index in [4.69, 9.17) is 0 Å². The Morgan fingerprint density at radius 1 is 0.431 bits per heavy atom. The van der Waals surface area contributed by atoms with Crippen LogP contribution in [0.25, 0.3) is 16.9 Å². The second-order valence-electron chi connectivity index (χ2n) is 15.9. The first-order chi connectivity index (χ1) is 28.4. The van der Waals surface area contributed by atoms with Crippen molar-refractivity contribution >= 4 is 11.4 Å². The quantitative estimate of drug-likeness (QED) is 0.0370. The Morgan fingerprint density at radius 2 is 0.810 bits per heavy atom. The van der Waals surface area contributed by atoms with Gasteiger partial charge in [0.25, 0.3) is 0 Å². The third kappa shape index (κ3) is 18.7. The van der Waals surface area contributed by atoms with Gasteiger partial charge in [-0.1, -0.05) is 124 Å². The maximum absolute atomic E-state index is 12.8. The van der Waals surface area contributed by atoms with E-state index in [1.54, 1.807) is 4.70 Å². The van der Waals surface area contributed by atoms with Crippen molar-refractivity contribution in [1.29, 1.82) is 0 Å². The Hall–Kier alpha value is -2.70. The zero-order chi connectivity index (χ0) is 42.2. The Balaban J connectivity index is 0.00000218.